The quantitative estimate of drug-likeness (QED) is 0.181. The van der Waals surface area contributed by atoms with Crippen LogP contribution in [0.25, 0.3) is 44.2 Å². The number of amides is 2. The first-order valence-electron chi connectivity index (χ1n) is 17.6. The second kappa shape index (κ2) is 12.3. The van der Waals surface area contributed by atoms with E-state index in [1.165, 1.54) is 0 Å². The maximum absolute atomic E-state index is 13.1. The van der Waals surface area contributed by atoms with Crippen LogP contribution >= 0.6 is 0 Å². The Morgan fingerprint density at radius 2 is 1.46 bits per heavy atom. The fraction of sp³-hybridized carbons (Fsp3) is 0.436. The van der Waals surface area contributed by atoms with E-state index >= 15 is 0 Å². The molecule has 2 N–H and O–H groups in total. The van der Waals surface area contributed by atoms with Crippen molar-refractivity contribution in [1.29, 1.82) is 0 Å². The average molecular weight is 693 g/mol. The van der Waals surface area contributed by atoms with Gasteiger partial charge >= 0.3 is 12.2 Å². The zero-order valence-electron chi connectivity index (χ0n) is 30.4. The van der Waals surface area contributed by atoms with Crippen molar-refractivity contribution >= 4 is 42.1 Å². The minimum atomic E-state index is -1.62. The number of ether oxygens (including phenoxy) is 2. The molecule has 5 aromatic rings. The minimum absolute atomic E-state index is 0.114. The van der Waals surface area contributed by atoms with Crippen molar-refractivity contribution in [3.05, 3.63) is 72.4 Å². The van der Waals surface area contributed by atoms with Crippen LogP contribution in [0.1, 0.15) is 78.1 Å². The summed E-state index contributed by atoms with van der Waals surface area (Å²) in [7, 11) is -1.62. The Labute approximate surface area is 294 Å². The molecule has 11 heteroatoms. The minimum Gasteiger partial charge on any atom is -0.444 e. The van der Waals surface area contributed by atoms with Crippen molar-refractivity contribution in [2.24, 2.45) is 0 Å². The molecule has 3 aromatic carbocycles. The summed E-state index contributed by atoms with van der Waals surface area (Å²) in [6.45, 7) is 16.7. The van der Waals surface area contributed by atoms with Crippen LogP contribution in [0.4, 0.5) is 9.59 Å². The third-order valence-electron chi connectivity index (χ3n) is 9.48. The zero-order chi connectivity index (χ0) is 35.6. The average Bonchev–Trinajstić information content (AvgIpc) is 3.84. The van der Waals surface area contributed by atoms with E-state index in [1.807, 2.05) is 58.7 Å². The summed E-state index contributed by atoms with van der Waals surface area (Å²) in [4.78, 5) is 46.5. The van der Waals surface area contributed by atoms with E-state index in [0.29, 0.717) is 6.54 Å². The number of aromatic amines is 2. The molecule has 10 nitrogen and oxygen atoms in total. The van der Waals surface area contributed by atoms with Crippen molar-refractivity contribution in [3.8, 4) is 22.4 Å². The first-order valence-corrected chi connectivity index (χ1v) is 21.0. The third-order valence-corrected chi connectivity index (χ3v) is 12.2. The van der Waals surface area contributed by atoms with Gasteiger partial charge in [-0.15, -0.1) is 0 Å². The lowest BCUT2D eigenvalue weighted by atomic mass is 9.99. The molecule has 2 aliphatic heterocycles. The van der Waals surface area contributed by atoms with Crippen LogP contribution in [0.5, 0.6) is 0 Å². The topological polar surface area (TPSA) is 116 Å². The Kier molecular flexibility index (Phi) is 8.32. The highest BCUT2D eigenvalue weighted by atomic mass is 28.3. The van der Waals surface area contributed by atoms with Gasteiger partial charge in [0.25, 0.3) is 0 Å². The summed E-state index contributed by atoms with van der Waals surface area (Å²) in [6, 6.07) is 19.8. The Bertz CT molecular complexity index is 2070. The van der Waals surface area contributed by atoms with Crippen molar-refractivity contribution in [3.63, 3.8) is 0 Å². The van der Waals surface area contributed by atoms with Crippen LogP contribution in [0.2, 0.25) is 19.1 Å². The molecule has 2 fully saturated rings. The molecule has 0 aliphatic carbocycles. The van der Waals surface area contributed by atoms with Gasteiger partial charge in [-0.2, -0.15) is 0 Å². The maximum Gasteiger partial charge on any atom is 0.410 e. The summed E-state index contributed by atoms with van der Waals surface area (Å²) in [5.74, 6) is 1.61. The van der Waals surface area contributed by atoms with Crippen LogP contribution in [-0.4, -0.2) is 73.9 Å². The fourth-order valence-corrected chi connectivity index (χ4v) is 10.1. The van der Waals surface area contributed by atoms with E-state index < -0.39 is 19.3 Å². The SMILES string of the molecule is CC(C)(C)OC(=O)N1C[Si](C)(C)CC1c1ncc(-c2ccc(-c3ccc4c(ccc5nc([C@@H]6CCCN6C(=O)OC(C)(C)C)[nH]c54)c3)cc2)[nH]1. The predicted molar refractivity (Wildman–Crippen MR) is 200 cm³/mol. The van der Waals surface area contributed by atoms with Gasteiger partial charge in [0.2, 0.25) is 0 Å². The first-order chi connectivity index (χ1) is 23.5. The molecule has 0 bridgehead atoms. The Morgan fingerprint density at radius 3 is 2.16 bits per heavy atom. The molecule has 0 radical (unpaired) electrons. The number of carbonyl (C=O) groups excluding carboxylic acids is 2. The highest BCUT2D eigenvalue weighted by molar-refractivity contribution is 6.78. The van der Waals surface area contributed by atoms with E-state index in [2.05, 4.69) is 71.6 Å². The number of rotatable bonds is 4. The molecular weight excluding hydrogens is 645 g/mol. The van der Waals surface area contributed by atoms with Gasteiger partial charge in [-0.1, -0.05) is 55.6 Å². The fourth-order valence-electron chi connectivity index (χ4n) is 7.28. The monoisotopic (exact) mass is 692 g/mol. The molecule has 7 rings (SSSR count). The van der Waals surface area contributed by atoms with Crippen LogP contribution in [0.3, 0.4) is 0 Å². The number of benzene rings is 3. The lowest BCUT2D eigenvalue weighted by molar-refractivity contribution is 0.0212. The number of H-pyrrole nitrogens is 2. The number of hydrogen-bond acceptors (Lipinski definition) is 6. The second-order valence-electron chi connectivity index (χ2n) is 16.6. The standard InChI is InChI=1S/C39H48N6O4Si/c1-38(2,3)48-36(46)44-19-9-10-31(44)35-41-29-18-16-27-20-26(15-17-28(27)33(29)43-35)24-11-13-25(14-12-24)30-21-40-34(42-30)32-22-50(7,8)23-45(32)37(47)49-39(4,5)6/h11-18,20-21,31-32H,9-10,19,22-23H2,1-8H3,(H,40,42)(H,41,43)/t31-,32?/m0/s1. The molecule has 0 saturated carbocycles. The number of carbonyl (C=O) groups is 2. The molecule has 2 atom stereocenters. The van der Waals surface area contributed by atoms with Gasteiger partial charge in [-0.3, -0.25) is 4.90 Å². The molecule has 262 valence electrons. The summed E-state index contributed by atoms with van der Waals surface area (Å²) >= 11 is 0. The lowest BCUT2D eigenvalue weighted by Crippen LogP contribution is -2.39. The van der Waals surface area contributed by atoms with Gasteiger partial charge in [-0.25, -0.2) is 19.6 Å². The summed E-state index contributed by atoms with van der Waals surface area (Å²) < 4.78 is 11.4. The highest BCUT2D eigenvalue weighted by Crippen LogP contribution is 2.39. The predicted octanol–water partition coefficient (Wildman–Crippen LogP) is 9.38. The van der Waals surface area contributed by atoms with Gasteiger partial charge in [0.1, 0.15) is 22.9 Å². The van der Waals surface area contributed by atoms with Gasteiger partial charge < -0.3 is 24.3 Å². The van der Waals surface area contributed by atoms with Crippen molar-refractivity contribution in [2.45, 2.75) is 96.8 Å². The lowest BCUT2D eigenvalue weighted by Gasteiger charge is -2.28. The summed E-state index contributed by atoms with van der Waals surface area (Å²) in [6.07, 6.45) is 3.82. The third kappa shape index (κ3) is 6.88. The summed E-state index contributed by atoms with van der Waals surface area (Å²) in [5.41, 5.74) is 4.95. The zero-order valence-corrected chi connectivity index (χ0v) is 31.4. The molecule has 1 unspecified atom stereocenters. The largest absolute Gasteiger partial charge is 0.444 e. The van der Waals surface area contributed by atoms with Crippen molar-refractivity contribution in [1.82, 2.24) is 29.7 Å². The molecule has 4 heterocycles. The maximum atomic E-state index is 13.1. The Morgan fingerprint density at radius 1 is 0.800 bits per heavy atom. The molecule has 2 aliphatic rings. The van der Waals surface area contributed by atoms with Crippen LogP contribution in [0, 0.1) is 0 Å². The van der Waals surface area contributed by atoms with Gasteiger partial charge in [-0.05, 0) is 94.6 Å². The number of aromatic nitrogens is 4. The molecule has 50 heavy (non-hydrogen) atoms. The molecule has 0 spiro atoms. The Hall–Kier alpha value is -4.64. The highest BCUT2D eigenvalue weighted by Gasteiger charge is 2.45. The van der Waals surface area contributed by atoms with Gasteiger partial charge in [0.05, 0.1) is 43.1 Å². The second-order valence-corrected chi connectivity index (χ2v) is 21.7. The first kappa shape index (κ1) is 33.8. The molecular formula is C39H48N6O4Si. The molecule has 2 saturated heterocycles. The van der Waals surface area contributed by atoms with Crippen LogP contribution < -0.4 is 0 Å². The van der Waals surface area contributed by atoms with E-state index in [9.17, 15) is 9.59 Å². The number of nitrogens with one attached hydrogen (secondary N) is 2. The number of imidazole rings is 2. The molecule has 2 aromatic heterocycles. The number of nitrogens with zero attached hydrogens (tertiary/aromatic N) is 4. The Balaban J connectivity index is 1.10. The van der Waals surface area contributed by atoms with Crippen molar-refractivity contribution in [2.75, 3.05) is 12.7 Å². The van der Waals surface area contributed by atoms with E-state index in [0.717, 1.165) is 80.9 Å². The van der Waals surface area contributed by atoms with E-state index in [1.54, 1.807) is 4.90 Å². The smallest absolute Gasteiger partial charge is 0.410 e. The van der Waals surface area contributed by atoms with Crippen molar-refractivity contribution < 1.29 is 19.1 Å². The normalized spacial score (nSPS) is 19.4. The number of hydrogen-bond donors (Lipinski definition) is 2. The number of likely N-dealkylation sites (tertiary alicyclic amines) is 1. The van der Waals surface area contributed by atoms with E-state index in [-0.39, 0.29) is 24.3 Å². The van der Waals surface area contributed by atoms with Gasteiger partial charge in [0.15, 0.2) is 0 Å². The van der Waals surface area contributed by atoms with Gasteiger partial charge in [0, 0.05) is 18.1 Å². The van der Waals surface area contributed by atoms with E-state index in [4.69, 9.17) is 19.4 Å². The summed E-state index contributed by atoms with van der Waals surface area (Å²) in [5, 5.41) is 2.20. The van der Waals surface area contributed by atoms with Crippen LogP contribution in [0.15, 0.2) is 60.8 Å². The number of fused-ring (bicyclic) bond motifs is 3. The molecule has 2 amide bonds. The van der Waals surface area contributed by atoms with Crippen LogP contribution in [-0.2, 0) is 9.47 Å².